The molecule has 76 valence electrons. The Kier molecular flexibility index (Phi) is 2.79. The van der Waals surface area contributed by atoms with Crippen molar-refractivity contribution in [2.45, 2.75) is 12.8 Å². The first kappa shape index (κ1) is 9.99. The maximum Gasteiger partial charge on any atom is 0.137 e. The monoisotopic (exact) mass is 255 g/mol. The Morgan fingerprint density at radius 1 is 1.64 bits per heavy atom. The van der Waals surface area contributed by atoms with E-state index in [9.17, 15) is 0 Å². The summed E-state index contributed by atoms with van der Waals surface area (Å²) in [6.45, 7) is 3.64. The smallest absolute Gasteiger partial charge is 0.137 e. The molecule has 2 unspecified atom stereocenters. The molecule has 1 aromatic carbocycles. The Hall–Kier alpha value is -0.540. The largest absolute Gasteiger partial charge is 0.491 e. The molecule has 0 bridgehead atoms. The van der Waals surface area contributed by atoms with E-state index in [1.165, 1.54) is 5.56 Å². The Bertz CT molecular complexity index is 340. The van der Waals surface area contributed by atoms with Crippen molar-refractivity contribution in [3.8, 4) is 5.75 Å². The molecule has 1 aliphatic heterocycles. The first-order valence-corrected chi connectivity index (χ1v) is 5.64. The third kappa shape index (κ3) is 1.55. The van der Waals surface area contributed by atoms with Crippen molar-refractivity contribution < 1.29 is 4.74 Å². The van der Waals surface area contributed by atoms with Crippen LogP contribution in [0.3, 0.4) is 0 Å². The van der Waals surface area contributed by atoms with E-state index < -0.39 is 0 Å². The van der Waals surface area contributed by atoms with Crippen LogP contribution < -0.4 is 10.5 Å². The topological polar surface area (TPSA) is 35.2 Å². The standard InChI is InChI=1S/C11H14BrNO/c1-7(5-13)9-6-14-11-8(9)3-2-4-10(11)12/h2-4,7,9H,5-6,13H2,1H3. The molecule has 0 fully saturated rings. The van der Waals surface area contributed by atoms with Crippen LogP contribution in [-0.4, -0.2) is 13.2 Å². The third-order valence-corrected chi connectivity index (χ3v) is 3.49. The highest BCUT2D eigenvalue weighted by molar-refractivity contribution is 9.10. The van der Waals surface area contributed by atoms with Gasteiger partial charge < -0.3 is 10.5 Å². The summed E-state index contributed by atoms with van der Waals surface area (Å²) in [6.07, 6.45) is 0. The summed E-state index contributed by atoms with van der Waals surface area (Å²) in [5, 5.41) is 0. The molecule has 1 aliphatic rings. The van der Waals surface area contributed by atoms with Gasteiger partial charge in [0.25, 0.3) is 0 Å². The van der Waals surface area contributed by atoms with Gasteiger partial charge >= 0.3 is 0 Å². The lowest BCUT2D eigenvalue weighted by molar-refractivity contribution is 0.298. The fraction of sp³-hybridized carbons (Fsp3) is 0.455. The lowest BCUT2D eigenvalue weighted by atomic mass is 9.89. The van der Waals surface area contributed by atoms with Crippen LogP contribution in [0, 0.1) is 5.92 Å². The van der Waals surface area contributed by atoms with Crippen LogP contribution >= 0.6 is 15.9 Å². The van der Waals surface area contributed by atoms with E-state index in [4.69, 9.17) is 10.5 Å². The maximum absolute atomic E-state index is 5.68. The van der Waals surface area contributed by atoms with Gasteiger partial charge in [-0.25, -0.2) is 0 Å². The Labute approximate surface area is 92.6 Å². The molecule has 0 amide bonds. The van der Waals surface area contributed by atoms with Gasteiger partial charge in [-0.3, -0.25) is 0 Å². The number of fused-ring (bicyclic) bond motifs is 1. The molecular weight excluding hydrogens is 242 g/mol. The van der Waals surface area contributed by atoms with Gasteiger partial charge in [0, 0.05) is 11.5 Å². The summed E-state index contributed by atoms with van der Waals surface area (Å²) in [7, 11) is 0. The van der Waals surface area contributed by atoms with Gasteiger partial charge in [0.15, 0.2) is 0 Å². The molecule has 1 heterocycles. The number of rotatable bonds is 2. The molecule has 2 atom stereocenters. The van der Waals surface area contributed by atoms with Crippen molar-refractivity contribution in [1.82, 2.24) is 0 Å². The molecule has 0 aliphatic carbocycles. The van der Waals surface area contributed by atoms with Gasteiger partial charge in [0.05, 0.1) is 11.1 Å². The minimum atomic E-state index is 0.451. The number of hydrogen-bond acceptors (Lipinski definition) is 2. The number of nitrogens with two attached hydrogens (primary N) is 1. The summed E-state index contributed by atoms with van der Waals surface area (Å²) in [5.41, 5.74) is 6.97. The number of ether oxygens (including phenoxy) is 1. The van der Waals surface area contributed by atoms with E-state index in [0.717, 1.165) is 16.8 Å². The highest BCUT2D eigenvalue weighted by Crippen LogP contribution is 2.42. The number of para-hydroxylation sites is 1. The quantitative estimate of drug-likeness (QED) is 0.882. The van der Waals surface area contributed by atoms with Crippen molar-refractivity contribution in [3.63, 3.8) is 0 Å². The fourth-order valence-electron chi connectivity index (χ4n) is 1.87. The summed E-state index contributed by atoms with van der Waals surface area (Å²) in [6, 6.07) is 6.19. The fourth-order valence-corrected chi connectivity index (χ4v) is 2.36. The van der Waals surface area contributed by atoms with E-state index in [-0.39, 0.29) is 0 Å². The Balaban J connectivity index is 2.35. The second-order valence-electron chi connectivity index (χ2n) is 3.79. The van der Waals surface area contributed by atoms with E-state index in [2.05, 4.69) is 28.9 Å². The third-order valence-electron chi connectivity index (χ3n) is 2.86. The molecule has 2 nitrogen and oxygen atoms in total. The van der Waals surface area contributed by atoms with E-state index in [0.29, 0.717) is 18.4 Å². The normalized spacial score (nSPS) is 21.5. The Morgan fingerprint density at radius 2 is 2.43 bits per heavy atom. The zero-order chi connectivity index (χ0) is 10.1. The van der Waals surface area contributed by atoms with Gasteiger partial charge in [0.2, 0.25) is 0 Å². The predicted octanol–water partition coefficient (Wildman–Crippen LogP) is 2.52. The van der Waals surface area contributed by atoms with Gasteiger partial charge in [0.1, 0.15) is 5.75 Å². The van der Waals surface area contributed by atoms with Crippen molar-refractivity contribution in [2.24, 2.45) is 11.7 Å². The first-order valence-electron chi connectivity index (χ1n) is 4.85. The minimum Gasteiger partial charge on any atom is -0.491 e. The summed E-state index contributed by atoms with van der Waals surface area (Å²) in [5.74, 6) is 1.93. The van der Waals surface area contributed by atoms with Crippen LogP contribution in [-0.2, 0) is 0 Å². The second kappa shape index (κ2) is 3.91. The summed E-state index contributed by atoms with van der Waals surface area (Å²) < 4.78 is 6.71. The number of halogens is 1. The van der Waals surface area contributed by atoms with Crippen LogP contribution in [0.1, 0.15) is 18.4 Å². The van der Waals surface area contributed by atoms with Gasteiger partial charge in [-0.15, -0.1) is 0 Å². The molecule has 1 aromatic rings. The molecule has 3 heteroatoms. The van der Waals surface area contributed by atoms with Crippen molar-refractivity contribution in [3.05, 3.63) is 28.2 Å². The van der Waals surface area contributed by atoms with E-state index in [1.54, 1.807) is 0 Å². The van der Waals surface area contributed by atoms with E-state index in [1.807, 2.05) is 12.1 Å². The van der Waals surface area contributed by atoms with Gasteiger partial charge in [-0.2, -0.15) is 0 Å². The predicted molar refractivity (Wildman–Crippen MR) is 60.6 cm³/mol. The van der Waals surface area contributed by atoms with Gasteiger partial charge in [-0.1, -0.05) is 19.1 Å². The van der Waals surface area contributed by atoms with Crippen LogP contribution in [0.2, 0.25) is 0 Å². The number of hydrogen-bond donors (Lipinski definition) is 1. The SMILES string of the molecule is CC(CN)C1COc2c(Br)cccc21. The molecule has 0 saturated heterocycles. The molecule has 0 aromatic heterocycles. The summed E-state index contributed by atoms with van der Waals surface area (Å²) in [4.78, 5) is 0. The van der Waals surface area contributed by atoms with Crippen LogP contribution in [0.15, 0.2) is 22.7 Å². The summed E-state index contributed by atoms with van der Waals surface area (Å²) >= 11 is 3.49. The van der Waals surface area contributed by atoms with Crippen LogP contribution in [0.5, 0.6) is 5.75 Å². The average Bonchev–Trinajstić information content (AvgIpc) is 2.62. The van der Waals surface area contributed by atoms with E-state index >= 15 is 0 Å². The lowest BCUT2D eigenvalue weighted by Crippen LogP contribution is -2.20. The molecule has 2 N–H and O–H groups in total. The maximum atomic E-state index is 5.68. The second-order valence-corrected chi connectivity index (χ2v) is 4.64. The molecule has 0 saturated carbocycles. The van der Waals surface area contributed by atoms with Gasteiger partial charge in [-0.05, 0) is 34.5 Å². The highest BCUT2D eigenvalue weighted by Gasteiger charge is 2.29. The molecule has 14 heavy (non-hydrogen) atoms. The average molecular weight is 256 g/mol. The van der Waals surface area contributed by atoms with Crippen LogP contribution in [0.25, 0.3) is 0 Å². The van der Waals surface area contributed by atoms with Crippen LogP contribution in [0.4, 0.5) is 0 Å². The number of benzene rings is 1. The minimum absolute atomic E-state index is 0.451. The van der Waals surface area contributed by atoms with Crippen molar-refractivity contribution >= 4 is 15.9 Å². The molecule has 0 spiro atoms. The first-order chi connectivity index (χ1) is 6.74. The molecular formula is C11H14BrNO. The zero-order valence-corrected chi connectivity index (χ0v) is 9.75. The van der Waals surface area contributed by atoms with Crippen molar-refractivity contribution in [2.75, 3.05) is 13.2 Å². The lowest BCUT2D eigenvalue weighted by Gasteiger charge is -2.15. The van der Waals surface area contributed by atoms with Crippen molar-refractivity contribution in [1.29, 1.82) is 0 Å². The molecule has 0 radical (unpaired) electrons. The zero-order valence-electron chi connectivity index (χ0n) is 8.16. The Morgan fingerprint density at radius 3 is 3.14 bits per heavy atom. The molecule has 2 rings (SSSR count). The highest BCUT2D eigenvalue weighted by atomic mass is 79.9.